The van der Waals surface area contributed by atoms with Crippen molar-refractivity contribution in [2.75, 3.05) is 14.2 Å². The molecule has 1 aliphatic rings. The van der Waals surface area contributed by atoms with Crippen LogP contribution in [-0.2, 0) is 12.8 Å². The number of aromatic hydroxyl groups is 1. The van der Waals surface area contributed by atoms with Crippen molar-refractivity contribution in [1.82, 2.24) is 0 Å². The molecule has 0 aromatic heterocycles. The van der Waals surface area contributed by atoms with Gasteiger partial charge in [0.25, 0.3) is 0 Å². The second kappa shape index (κ2) is 8.20. The smallest absolute Gasteiger partial charge is 0.122 e. The minimum atomic E-state index is 0.313. The van der Waals surface area contributed by atoms with Crippen molar-refractivity contribution < 1.29 is 14.6 Å². The lowest BCUT2D eigenvalue weighted by Gasteiger charge is -2.39. The summed E-state index contributed by atoms with van der Waals surface area (Å²) < 4.78 is 11.2. The molecule has 1 N–H and O–H groups in total. The zero-order valence-electron chi connectivity index (χ0n) is 17.3. The van der Waals surface area contributed by atoms with E-state index in [-0.39, 0.29) is 0 Å². The molecule has 3 atom stereocenters. The van der Waals surface area contributed by atoms with Gasteiger partial charge in [-0.2, -0.15) is 0 Å². The van der Waals surface area contributed by atoms with Crippen molar-refractivity contribution in [2.24, 2.45) is 5.92 Å². The molecule has 0 bridgehead atoms. The van der Waals surface area contributed by atoms with Crippen LogP contribution in [0.25, 0.3) is 0 Å². The molecular weight excluding hydrogens is 360 g/mol. The zero-order valence-corrected chi connectivity index (χ0v) is 17.3. The molecule has 3 aromatic rings. The Morgan fingerprint density at radius 3 is 2.41 bits per heavy atom. The second-order valence-electron chi connectivity index (χ2n) is 7.95. The first-order valence-corrected chi connectivity index (χ1v) is 10.2. The Hall–Kier alpha value is -2.94. The van der Waals surface area contributed by atoms with E-state index in [1.807, 2.05) is 12.1 Å². The summed E-state index contributed by atoms with van der Waals surface area (Å²) in [4.78, 5) is 0. The minimum absolute atomic E-state index is 0.313. The van der Waals surface area contributed by atoms with Crippen LogP contribution in [0.15, 0.2) is 66.7 Å². The van der Waals surface area contributed by atoms with E-state index in [4.69, 9.17) is 9.47 Å². The third kappa shape index (κ3) is 3.82. The van der Waals surface area contributed by atoms with Crippen molar-refractivity contribution in [3.05, 3.63) is 89.0 Å². The number of hydrogen-bond donors (Lipinski definition) is 1. The Kier molecular flexibility index (Phi) is 5.48. The fourth-order valence-corrected chi connectivity index (χ4v) is 4.76. The van der Waals surface area contributed by atoms with E-state index in [1.54, 1.807) is 26.4 Å². The van der Waals surface area contributed by atoms with E-state index >= 15 is 0 Å². The maximum absolute atomic E-state index is 9.71. The van der Waals surface area contributed by atoms with Crippen molar-refractivity contribution in [2.45, 2.75) is 31.6 Å². The molecule has 0 heterocycles. The van der Waals surface area contributed by atoms with Crippen LogP contribution in [0, 0.1) is 5.92 Å². The standard InChI is InChI=1S/C26H28O3/c1-17-23(18-8-11-21(27)12-9-18)14-19-10-13-22(28-2)16-25(19)24(17)15-20-6-4-5-7-26(20)29-3/h4-13,16-17,23-24,27H,14-15H2,1-3H3. The number of phenols is 1. The van der Waals surface area contributed by atoms with Crippen LogP contribution < -0.4 is 9.47 Å². The van der Waals surface area contributed by atoms with Gasteiger partial charge in [-0.25, -0.2) is 0 Å². The van der Waals surface area contributed by atoms with Gasteiger partial charge in [0, 0.05) is 0 Å². The molecule has 0 spiro atoms. The largest absolute Gasteiger partial charge is 0.508 e. The molecule has 0 amide bonds. The molecule has 3 unspecified atom stereocenters. The van der Waals surface area contributed by atoms with E-state index in [0.717, 1.165) is 24.3 Å². The summed E-state index contributed by atoms with van der Waals surface area (Å²) in [6.45, 7) is 2.35. The SMILES string of the molecule is COc1ccc2c(c1)C(Cc1ccccc1OC)C(C)C(c1ccc(O)cc1)C2. The predicted molar refractivity (Wildman–Crippen MR) is 116 cm³/mol. The van der Waals surface area contributed by atoms with Gasteiger partial charge in [-0.15, -0.1) is 0 Å². The normalized spacial score (nSPS) is 20.7. The third-order valence-corrected chi connectivity index (χ3v) is 6.42. The first-order valence-electron chi connectivity index (χ1n) is 10.2. The van der Waals surface area contributed by atoms with Crippen molar-refractivity contribution in [3.63, 3.8) is 0 Å². The van der Waals surface area contributed by atoms with Crippen LogP contribution in [0.5, 0.6) is 17.2 Å². The molecule has 3 aromatic carbocycles. The van der Waals surface area contributed by atoms with Crippen molar-refractivity contribution >= 4 is 0 Å². The van der Waals surface area contributed by atoms with Gasteiger partial charge in [-0.05, 0) is 83.2 Å². The molecule has 0 aliphatic heterocycles. The lowest BCUT2D eigenvalue weighted by atomic mass is 9.66. The van der Waals surface area contributed by atoms with Crippen LogP contribution in [0.3, 0.4) is 0 Å². The topological polar surface area (TPSA) is 38.7 Å². The lowest BCUT2D eigenvalue weighted by Crippen LogP contribution is -2.28. The van der Waals surface area contributed by atoms with Gasteiger partial charge in [-0.1, -0.05) is 43.3 Å². The number of hydrogen-bond acceptors (Lipinski definition) is 3. The molecule has 29 heavy (non-hydrogen) atoms. The van der Waals surface area contributed by atoms with Gasteiger partial charge in [0.15, 0.2) is 0 Å². The third-order valence-electron chi connectivity index (χ3n) is 6.42. The van der Waals surface area contributed by atoms with Gasteiger partial charge in [0.1, 0.15) is 17.2 Å². The molecule has 0 saturated heterocycles. The fraction of sp³-hybridized carbons (Fsp3) is 0.308. The highest BCUT2D eigenvalue weighted by atomic mass is 16.5. The maximum Gasteiger partial charge on any atom is 0.122 e. The number of phenolic OH excluding ortho intramolecular Hbond substituents is 1. The molecule has 3 heteroatoms. The molecule has 3 nitrogen and oxygen atoms in total. The summed E-state index contributed by atoms with van der Waals surface area (Å²) in [5.74, 6) is 3.34. The number of para-hydroxylation sites is 1. The van der Waals surface area contributed by atoms with Gasteiger partial charge < -0.3 is 14.6 Å². The molecule has 1 aliphatic carbocycles. The number of rotatable bonds is 5. The van der Waals surface area contributed by atoms with E-state index in [9.17, 15) is 5.11 Å². The number of benzene rings is 3. The van der Waals surface area contributed by atoms with E-state index < -0.39 is 0 Å². The molecular formula is C26H28O3. The summed E-state index contributed by atoms with van der Waals surface area (Å²) in [7, 11) is 3.46. The highest BCUT2D eigenvalue weighted by Crippen LogP contribution is 2.47. The van der Waals surface area contributed by atoms with E-state index in [2.05, 4.69) is 49.4 Å². The molecule has 0 fully saturated rings. The monoisotopic (exact) mass is 388 g/mol. The predicted octanol–water partition coefficient (Wildman–Crippen LogP) is 5.71. The average molecular weight is 389 g/mol. The van der Waals surface area contributed by atoms with Crippen LogP contribution >= 0.6 is 0 Å². The molecule has 0 saturated carbocycles. The Morgan fingerprint density at radius 1 is 0.931 bits per heavy atom. The average Bonchev–Trinajstić information content (AvgIpc) is 2.76. The Bertz CT molecular complexity index is 977. The highest BCUT2D eigenvalue weighted by molar-refractivity contribution is 5.45. The van der Waals surface area contributed by atoms with Gasteiger partial charge >= 0.3 is 0 Å². The first-order chi connectivity index (χ1) is 14.1. The minimum Gasteiger partial charge on any atom is -0.508 e. The Balaban J connectivity index is 1.77. The zero-order chi connectivity index (χ0) is 20.4. The van der Waals surface area contributed by atoms with Crippen molar-refractivity contribution in [1.29, 1.82) is 0 Å². The Labute approximate surface area is 172 Å². The summed E-state index contributed by atoms with van der Waals surface area (Å²) in [5.41, 5.74) is 5.26. The van der Waals surface area contributed by atoms with Crippen LogP contribution in [0.1, 0.15) is 41.0 Å². The van der Waals surface area contributed by atoms with E-state index in [1.165, 1.54) is 22.3 Å². The van der Waals surface area contributed by atoms with Gasteiger partial charge in [-0.3, -0.25) is 0 Å². The highest BCUT2D eigenvalue weighted by Gasteiger charge is 2.35. The maximum atomic E-state index is 9.71. The summed E-state index contributed by atoms with van der Waals surface area (Å²) >= 11 is 0. The molecule has 0 radical (unpaired) electrons. The molecule has 4 rings (SSSR count). The van der Waals surface area contributed by atoms with Crippen LogP contribution in [0.4, 0.5) is 0 Å². The van der Waals surface area contributed by atoms with Crippen LogP contribution in [0.2, 0.25) is 0 Å². The Morgan fingerprint density at radius 2 is 1.69 bits per heavy atom. The van der Waals surface area contributed by atoms with Gasteiger partial charge in [0.05, 0.1) is 14.2 Å². The number of fused-ring (bicyclic) bond motifs is 1. The van der Waals surface area contributed by atoms with E-state index in [0.29, 0.717) is 23.5 Å². The first kappa shape index (κ1) is 19.4. The number of ether oxygens (including phenoxy) is 2. The van der Waals surface area contributed by atoms with Crippen molar-refractivity contribution in [3.8, 4) is 17.2 Å². The van der Waals surface area contributed by atoms with Crippen LogP contribution in [-0.4, -0.2) is 19.3 Å². The summed E-state index contributed by atoms with van der Waals surface area (Å²) in [6.07, 6.45) is 1.91. The molecule has 150 valence electrons. The summed E-state index contributed by atoms with van der Waals surface area (Å²) in [5, 5.41) is 9.71. The second-order valence-corrected chi connectivity index (χ2v) is 7.95. The fourth-order valence-electron chi connectivity index (χ4n) is 4.76. The lowest BCUT2D eigenvalue weighted by molar-refractivity contribution is 0.340. The van der Waals surface area contributed by atoms with Gasteiger partial charge in [0.2, 0.25) is 0 Å². The quantitative estimate of drug-likeness (QED) is 0.608. The summed E-state index contributed by atoms with van der Waals surface area (Å²) in [6, 6.07) is 22.5. The number of methoxy groups -OCH3 is 2.